The summed E-state index contributed by atoms with van der Waals surface area (Å²) in [5.74, 6) is -0.919. The van der Waals surface area contributed by atoms with E-state index in [2.05, 4.69) is 0 Å². The van der Waals surface area contributed by atoms with Crippen LogP contribution in [-0.4, -0.2) is 5.97 Å². The Kier molecular flexibility index (Phi) is 3.64. The average molecular weight is 395 g/mol. The summed E-state index contributed by atoms with van der Waals surface area (Å²) in [4.78, 5) is 37.6. The van der Waals surface area contributed by atoms with Crippen LogP contribution in [-0.2, 0) is 4.79 Å². The fourth-order valence-electron chi connectivity index (χ4n) is 3.63. The normalized spacial score (nSPS) is 16.2. The van der Waals surface area contributed by atoms with Gasteiger partial charge in [-0.15, -0.1) is 0 Å². The van der Waals surface area contributed by atoms with Crippen molar-refractivity contribution in [1.82, 2.24) is 0 Å². The summed E-state index contributed by atoms with van der Waals surface area (Å²) in [6.07, 6.45) is 2.41. The second-order valence-electron chi connectivity index (χ2n) is 6.51. The van der Waals surface area contributed by atoms with E-state index >= 15 is 0 Å². The van der Waals surface area contributed by atoms with Crippen LogP contribution < -0.4 is 15.6 Å². The zero-order valence-corrected chi connectivity index (χ0v) is 15.0. The lowest BCUT2D eigenvalue weighted by Crippen LogP contribution is -2.25. The monoisotopic (exact) mass is 394 g/mol. The lowest BCUT2D eigenvalue weighted by Gasteiger charge is -2.24. The molecule has 0 amide bonds. The topological polar surface area (TPSA) is 86.7 Å². The van der Waals surface area contributed by atoms with Gasteiger partial charge in [0.25, 0.3) is 0 Å². The summed E-state index contributed by atoms with van der Waals surface area (Å²) in [7, 11) is 0. The van der Waals surface area contributed by atoms with Gasteiger partial charge >= 0.3 is 5.97 Å². The summed E-state index contributed by atoms with van der Waals surface area (Å²) in [5, 5.41) is 0.603. The molecule has 2 aromatic carbocycles. The fraction of sp³-hybridized carbons (Fsp3) is 0.0952. The summed E-state index contributed by atoms with van der Waals surface area (Å²) >= 11 is 5.88. The lowest BCUT2D eigenvalue weighted by molar-refractivity contribution is -0.135. The molecule has 1 aliphatic rings. The van der Waals surface area contributed by atoms with Gasteiger partial charge in [0.05, 0.1) is 23.5 Å². The standard InChI is InChI=1S/C21H11ClO6/c22-14-9-27-21-11(20(14)25)5-6-16-18(21)12(7-17(23)28-16)13-8-26-15-4-2-1-3-10(15)19(13)24/h1-6,8-9,12H,7H2. The molecule has 7 heteroatoms. The summed E-state index contributed by atoms with van der Waals surface area (Å²) < 4.78 is 16.5. The molecule has 1 aliphatic heterocycles. The van der Waals surface area contributed by atoms with Gasteiger partial charge in [-0.2, -0.15) is 0 Å². The third-order valence-corrected chi connectivity index (χ3v) is 5.18. The van der Waals surface area contributed by atoms with E-state index in [1.54, 1.807) is 24.3 Å². The average Bonchev–Trinajstić information content (AvgIpc) is 2.70. The second kappa shape index (κ2) is 6.07. The Morgan fingerprint density at radius 3 is 2.57 bits per heavy atom. The molecule has 0 N–H and O–H groups in total. The molecular weight excluding hydrogens is 384 g/mol. The van der Waals surface area contributed by atoms with E-state index in [4.69, 9.17) is 25.2 Å². The molecule has 0 fully saturated rings. The van der Waals surface area contributed by atoms with Crippen molar-refractivity contribution in [2.75, 3.05) is 0 Å². The van der Waals surface area contributed by atoms with E-state index in [-0.39, 0.29) is 33.6 Å². The van der Waals surface area contributed by atoms with E-state index in [1.807, 2.05) is 0 Å². The SMILES string of the molecule is O=C1CC(c2coc3ccccc3c2=O)c2c(ccc3c(=O)c(Cl)coc23)O1. The fourth-order valence-corrected chi connectivity index (χ4v) is 3.78. The third-order valence-electron chi connectivity index (χ3n) is 4.92. The molecule has 138 valence electrons. The molecule has 2 aromatic heterocycles. The molecule has 0 aliphatic carbocycles. The highest BCUT2D eigenvalue weighted by Crippen LogP contribution is 2.42. The van der Waals surface area contributed by atoms with Crippen molar-refractivity contribution >= 4 is 39.5 Å². The quantitative estimate of drug-likeness (QED) is 0.358. The molecule has 28 heavy (non-hydrogen) atoms. The van der Waals surface area contributed by atoms with Crippen LogP contribution >= 0.6 is 11.6 Å². The first-order valence-corrected chi connectivity index (χ1v) is 8.87. The first kappa shape index (κ1) is 16.8. The number of rotatable bonds is 1. The molecule has 0 bridgehead atoms. The maximum absolute atomic E-state index is 13.1. The first-order valence-electron chi connectivity index (χ1n) is 8.49. The van der Waals surface area contributed by atoms with Crippen molar-refractivity contribution in [3.05, 3.63) is 85.5 Å². The zero-order valence-electron chi connectivity index (χ0n) is 14.2. The minimum atomic E-state index is -0.676. The Morgan fingerprint density at radius 2 is 1.71 bits per heavy atom. The van der Waals surface area contributed by atoms with E-state index in [0.717, 1.165) is 6.26 Å². The third kappa shape index (κ3) is 2.38. The van der Waals surface area contributed by atoms with Crippen LogP contribution in [0.2, 0.25) is 5.02 Å². The molecule has 4 aromatic rings. The van der Waals surface area contributed by atoms with Gasteiger partial charge in [0.1, 0.15) is 28.2 Å². The Hall–Kier alpha value is -3.38. The van der Waals surface area contributed by atoms with Gasteiger partial charge in [0.15, 0.2) is 5.43 Å². The Labute approximate surface area is 161 Å². The number of benzene rings is 2. The number of carbonyl (C=O) groups excluding carboxylic acids is 1. The molecular formula is C21H11ClO6. The molecule has 3 heterocycles. The highest BCUT2D eigenvalue weighted by atomic mass is 35.5. The van der Waals surface area contributed by atoms with Crippen molar-refractivity contribution in [3.63, 3.8) is 0 Å². The van der Waals surface area contributed by atoms with Crippen molar-refractivity contribution in [2.24, 2.45) is 0 Å². The Morgan fingerprint density at radius 1 is 0.893 bits per heavy atom. The van der Waals surface area contributed by atoms with Crippen LogP contribution in [0.25, 0.3) is 21.9 Å². The van der Waals surface area contributed by atoms with Crippen LogP contribution in [0, 0.1) is 0 Å². The van der Waals surface area contributed by atoms with Crippen molar-refractivity contribution in [3.8, 4) is 5.75 Å². The maximum Gasteiger partial charge on any atom is 0.312 e. The highest BCUT2D eigenvalue weighted by molar-refractivity contribution is 6.30. The second-order valence-corrected chi connectivity index (χ2v) is 6.92. The van der Waals surface area contributed by atoms with Gasteiger partial charge in [0.2, 0.25) is 5.43 Å². The first-order chi connectivity index (χ1) is 13.5. The molecule has 0 saturated carbocycles. The van der Waals surface area contributed by atoms with Crippen molar-refractivity contribution in [1.29, 1.82) is 0 Å². The summed E-state index contributed by atoms with van der Waals surface area (Å²) in [6.45, 7) is 0. The Balaban J connectivity index is 1.84. The number of para-hydroxylation sites is 1. The van der Waals surface area contributed by atoms with Gasteiger partial charge in [-0.1, -0.05) is 23.7 Å². The van der Waals surface area contributed by atoms with Crippen LogP contribution in [0.4, 0.5) is 0 Å². The van der Waals surface area contributed by atoms with Gasteiger partial charge in [-0.3, -0.25) is 14.4 Å². The van der Waals surface area contributed by atoms with Crippen LogP contribution in [0.15, 0.2) is 67.3 Å². The molecule has 1 unspecified atom stereocenters. The number of halogens is 1. The highest BCUT2D eigenvalue weighted by Gasteiger charge is 2.34. The number of fused-ring (bicyclic) bond motifs is 4. The largest absolute Gasteiger partial charge is 0.464 e. The molecule has 0 spiro atoms. The van der Waals surface area contributed by atoms with E-state index < -0.39 is 17.3 Å². The smallest absolute Gasteiger partial charge is 0.312 e. The van der Waals surface area contributed by atoms with Gasteiger partial charge in [-0.05, 0) is 24.3 Å². The van der Waals surface area contributed by atoms with Gasteiger partial charge < -0.3 is 13.6 Å². The van der Waals surface area contributed by atoms with Crippen LogP contribution in [0.1, 0.15) is 23.5 Å². The molecule has 5 rings (SSSR count). The predicted octanol–water partition coefficient (Wildman–Crippen LogP) is 3.99. The molecule has 0 saturated heterocycles. The molecule has 6 nitrogen and oxygen atoms in total. The number of hydrogen-bond acceptors (Lipinski definition) is 6. The summed E-state index contributed by atoms with van der Waals surface area (Å²) in [6, 6.07) is 9.87. The van der Waals surface area contributed by atoms with Crippen LogP contribution in [0.3, 0.4) is 0 Å². The number of esters is 1. The van der Waals surface area contributed by atoms with Crippen molar-refractivity contribution in [2.45, 2.75) is 12.3 Å². The number of ether oxygens (including phenoxy) is 1. The lowest BCUT2D eigenvalue weighted by atomic mass is 9.85. The van der Waals surface area contributed by atoms with E-state index in [9.17, 15) is 14.4 Å². The minimum absolute atomic E-state index is 0.0537. The number of carbonyl (C=O) groups is 1. The molecule has 1 atom stereocenters. The summed E-state index contributed by atoms with van der Waals surface area (Å²) in [5.41, 5.74) is 0.783. The maximum atomic E-state index is 13.1. The van der Waals surface area contributed by atoms with E-state index in [1.165, 1.54) is 18.4 Å². The predicted molar refractivity (Wildman–Crippen MR) is 102 cm³/mol. The Bertz CT molecular complexity index is 1400. The van der Waals surface area contributed by atoms with E-state index in [0.29, 0.717) is 22.1 Å². The zero-order chi connectivity index (χ0) is 19.4. The van der Waals surface area contributed by atoms with Gasteiger partial charge in [-0.25, -0.2) is 0 Å². The molecule has 0 radical (unpaired) electrons. The minimum Gasteiger partial charge on any atom is -0.464 e. The van der Waals surface area contributed by atoms with Crippen molar-refractivity contribution < 1.29 is 18.4 Å². The van der Waals surface area contributed by atoms with Gasteiger partial charge in [0, 0.05) is 17.0 Å². The number of hydrogen-bond donors (Lipinski definition) is 0. The van der Waals surface area contributed by atoms with Crippen LogP contribution in [0.5, 0.6) is 5.75 Å².